The van der Waals surface area contributed by atoms with E-state index in [1.54, 1.807) is 6.07 Å². The van der Waals surface area contributed by atoms with E-state index in [1.165, 1.54) is 25.0 Å². The van der Waals surface area contributed by atoms with Gasteiger partial charge in [-0.3, -0.25) is 9.88 Å². The Labute approximate surface area is 176 Å². The fraction of sp³-hybridized carbons (Fsp3) is 0.522. The number of piperidine rings is 1. The minimum atomic E-state index is -4.29. The van der Waals surface area contributed by atoms with Crippen molar-refractivity contribution in [2.24, 2.45) is 0 Å². The summed E-state index contributed by atoms with van der Waals surface area (Å²) in [6, 6.07) is 12.3. The molecule has 0 spiro atoms. The Morgan fingerprint density at radius 1 is 0.967 bits per heavy atom. The quantitative estimate of drug-likeness (QED) is 0.734. The monoisotopic (exact) mass is 418 g/mol. The Bertz CT molecular complexity index is 804. The number of alkyl halides is 3. The molecule has 1 aromatic carbocycles. The summed E-state index contributed by atoms with van der Waals surface area (Å²) in [6.45, 7) is 6.56. The van der Waals surface area contributed by atoms with Gasteiger partial charge in [-0.1, -0.05) is 12.1 Å². The predicted octanol–water partition coefficient (Wildman–Crippen LogP) is 3.93. The zero-order chi connectivity index (χ0) is 21.0. The second-order valence-corrected chi connectivity index (χ2v) is 8.24. The molecule has 1 unspecified atom stereocenters. The molecule has 2 aliphatic rings. The first-order valence-corrected chi connectivity index (χ1v) is 10.8. The zero-order valence-corrected chi connectivity index (χ0v) is 17.2. The smallest absolute Gasteiger partial charge is 0.369 e. The summed E-state index contributed by atoms with van der Waals surface area (Å²) in [5.41, 5.74) is 1.23. The fourth-order valence-corrected chi connectivity index (χ4v) is 4.58. The van der Waals surface area contributed by atoms with Gasteiger partial charge in [0.2, 0.25) is 0 Å². The molecule has 1 atom stereocenters. The van der Waals surface area contributed by atoms with Gasteiger partial charge < -0.3 is 9.80 Å². The molecule has 0 radical (unpaired) electrons. The molecule has 0 saturated carbocycles. The van der Waals surface area contributed by atoms with Crippen LogP contribution in [0.25, 0.3) is 0 Å². The highest BCUT2D eigenvalue weighted by molar-refractivity contribution is 5.49. The lowest BCUT2D eigenvalue weighted by atomic mass is 10.0. The number of piperazine rings is 1. The molecule has 3 heterocycles. The van der Waals surface area contributed by atoms with Gasteiger partial charge in [-0.2, -0.15) is 13.2 Å². The van der Waals surface area contributed by atoms with Gasteiger partial charge in [0.15, 0.2) is 0 Å². The number of nitrogens with zero attached hydrogens (tertiary/aromatic N) is 4. The third-order valence-electron chi connectivity index (χ3n) is 6.26. The molecule has 7 heteroatoms. The Morgan fingerprint density at radius 2 is 1.80 bits per heavy atom. The molecule has 2 aromatic rings. The van der Waals surface area contributed by atoms with Gasteiger partial charge in [-0.05, 0) is 49.7 Å². The van der Waals surface area contributed by atoms with E-state index in [2.05, 4.69) is 25.8 Å². The van der Waals surface area contributed by atoms with Gasteiger partial charge in [-0.15, -0.1) is 0 Å². The maximum atomic E-state index is 13.0. The van der Waals surface area contributed by atoms with Crippen molar-refractivity contribution in [3.8, 4) is 0 Å². The van der Waals surface area contributed by atoms with Crippen molar-refractivity contribution in [2.45, 2.75) is 31.5 Å². The molecule has 162 valence electrons. The lowest BCUT2D eigenvalue weighted by Crippen LogP contribution is -2.55. The highest BCUT2D eigenvalue weighted by Gasteiger charge is 2.32. The van der Waals surface area contributed by atoms with Gasteiger partial charge in [0.05, 0.1) is 5.56 Å². The normalized spacial score (nSPS) is 21.7. The van der Waals surface area contributed by atoms with Gasteiger partial charge in [0.1, 0.15) is 0 Å². The largest absolute Gasteiger partial charge is 0.416 e. The van der Waals surface area contributed by atoms with E-state index in [0.29, 0.717) is 11.7 Å². The second-order valence-electron chi connectivity index (χ2n) is 8.24. The first-order chi connectivity index (χ1) is 14.5. The Kier molecular flexibility index (Phi) is 6.58. The molecule has 1 aromatic heterocycles. The average molecular weight is 419 g/mol. The lowest BCUT2D eigenvalue weighted by molar-refractivity contribution is -0.137. The standard InChI is InChI=1S/C23H29F3N4/c24-23(25,26)19-5-3-7-21(17-19)29-13-15-30(16-14-29)22-8-4-11-28(18-22)12-9-20-6-1-2-10-27-20/h1-3,5-7,10,17,22H,4,8-9,11-16,18H2. The maximum Gasteiger partial charge on any atom is 0.416 e. The number of anilines is 1. The number of likely N-dealkylation sites (tertiary alicyclic amines) is 1. The molecule has 30 heavy (non-hydrogen) atoms. The Balaban J connectivity index is 1.28. The van der Waals surface area contributed by atoms with Crippen molar-refractivity contribution in [3.63, 3.8) is 0 Å². The van der Waals surface area contributed by atoms with Crippen molar-refractivity contribution >= 4 is 5.69 Å². The number of benzene rings is 1. The number of halogens is 3. The summed E-state index contributed by atoms with van der Waals surface area (Å²) in [6.07, 6.45) is 0.915. The fourth-order valence-electron chi connectivity index (χ4n) is 4.58. The summed E-state index contributed by atoms with van der Waals surface area (Å²) in [5, 5.41) is 0. The highest BCUT2D eigenvalue weighted by Crippen LogP contribution is 2.32. The van der Waals surface area contributed by atoms with Crippen LogP contribution in [0.3, 0.4) is 0 Å². The van der Waals surface area contributed by atoms with Crippen LogP contribution in [0, 0.1) is 0 Å². The van der Waals surface area contributed by atoms with Gasteiger partial charge in [-0.25, -0.2) is 0 Å². The average Bonchev–Trinajstić information content (AvgIpc) is 2.78. The molecule has 0 aliphatic carbocycles. The summed E-state index contributed by atoms with van der Waals surface area (Å²) in [5.74, 6) is 0. The molecule has 4 nitrogen and oxygen atoms in total. The van der Waals surface area contributed by atoms with Gasteiger partial charge in [0, 0.05) is 69.3 Å². The summed E-state index contributed by atoms with van der Waals surface area (Å²) in [4.78, 5) is 11.5. The maximum absolute atomic E-state index is 13.0. The SMILES string of the molecule is FC(F)(F)c1cccc(N2CCN(C3CCCN(CCc4ccccn4)C3)CC2)c1. The Hall–Kier alpha value is -2.12. The van der Waals surface area contributed by atoms with Crippen molar-refractivity contribution in [1.82, 2.24) is 14.8 Å². The zero-order valence-electron chi connectivity index (χ0n) is 17.2. The molecular formula is C23H29F3N4. The molecule has 2 saturated heterocycles. The number of hydrogen-bond donors (Lipinski definition) is 0. The van der Waals surface area contributed by atoms with Gasteiger partial charge >= 0.3 is 6.18 Å². The lowest BCUT2D eigenvalue weighted by Gasteiger charge is -2.44. The molecule has 2 aliphatic heterocycles. The third-order valence-corrected chi connectivity index (χ3v) is 6.26. The highest BCUT2D eigenvalue weighted by atomic mass is 19.4. The first-order valence-electron chi connectivity index (χ1n) is 10.8. The van der Waals surface area contributed by atoms with Crippen molar-refractivity contribution in [3.05, 3.63) is 59.9 Å². The van der Waals surface area contributed by atoms with E-state index in [-0.39, 0.29) is 0 Å². The van der Waals surface area contributed by atoms with Crippen molar-refractivity contribution < 1.29 is 13.2 Å². The molecule has 4 rings (SSSR count). The summed E-state index contributed by atoms with van der Waals surface area (Å²) in [7, 11) is 0. The van der Waals surface area contributed by atoms with E-state index in [0.717, 1.165) is 64.0 Å². The van der Waals surface area contributed by atoms with Crippen LogP contribution in [-0.4, -0.2) is 66.6 Å². The van der Waals surface area contributed by atoms with Crippen LogP contribution in [0.1, 0.15) is 24.1 Å². The van der Waals surface area contributed by atoms with Crippen LogP contribution < -0.4 is 4.90 Å². The molecule has 0 bridgehead atoms. The number of aromatic nitrogens is 1. The molecule has 0 amide bonds. The number of rotatable bonds is 5. The summed E-state index contributed by atoms with van der Waals surface area (Å²) >= 11 is 0. The molecule has 2 fully saturated rings. The van der Waals surface area contributed by atoms with E-state index >= 15 is 0 Å². The first kappa shape index (κ1) is 21.1. The second kappa shape index (κ2) is 9.35. The van der Waals surface area contributed by atoms with Crippen LogP contribution in [0.2, 0.25) is 0 Å². The minimum absolute atomic E-state index is 0.533. The predicted molar refractivity (Wildman–Crippen MR) is 113 cm³/mol. The van der Waals surface area contributed by atoms with E-state index in [9.17, 15) is 13.2 Å². The number of hydrogen-bond acceptors (Lipinski definition) is 4. The van der Waals surface area contributed by atoms with Crippen LogP contribution in [-0.2, 0) is 12.6 Å². The Morgan fingerprint density at radius 3 is 2.53 bits per heavy atom. The van der Waals surface area contributed by atoms with Crippen LogP contribution in [0.15, 0.2) is 48.7 Å². The molecular weight excluding hydrogens is 389 g/mol. The van der Waals surface area contributed by atoms with E-state index < -0.39 is 11.7 Å². The molecule has 0 N–H and O–H groups in total. The van der Waals surface area contributed by atoms with Crippen LogP contribution in [0.4, 0.5) is 18.9 Å². The van der Waals surface area contributed by atoms with E-state index in [1.807, 2.05) is 18.3 Å². The van der Waals surface area contributed by atoms with Crippen LogP contribution >= 0.6 is 0 Å². The van der Waals surface area contributed by atoms with E-state index in [4.69, 9.17) is 0 Å². The number of pyridine rings is 1. The van der Waals surface area contributed by atoms with Crippen molar-refractivity contribution in [1.29, 1.82) is 0 Å². The van der Waals surface area contributed by atoms with Crippen molar-refractivity contribution in [2.75, 3.05) is 50.7 Å². The summed E-state index contributed by atoms with van der Waals surface area (Å²) < 4.78 is 39.0. The van der Waals surface area contributed by atoms with Gasteiger partial charge in [0.25, 0.3) is 0 Å². The third kappa shape index (κ3) is 5.32. The minimum Gasteiger partial charge on any atom is -0.369 e. The van der Waals surface area contributed by atoms with Crippen LogP contribution in [0.5, 0.6) is 0 Å². The topological polar surface area (TPSA) is 22.6 Å².